The van der Waals surface area contributed by atoms with Crippen LogP contribution in [0.1, 0.15) is 33.1 Å². The van der Waals surface area contributed by atoms with Crippen molar-refractivity contribution in [3.8, 4) is 0 Å². The van der Waals surface area contributed by atoms with Crippen molar-refractivity contribution in [2.24, 2.45) is 0 Å². The van der Waals surface area contributed by atoms with E-state index >= 15 is 0 Å². The van der Waals surface area contributed by atoms with Gasteiger partial charge in [0.2, 0.25) is 0 Å². The van der Waals surface area contributed by atoms with Crippen LogP contribution in [0, 0.1) is 0 Å². The van der Waals surface area contributed by atoms with E-state index in [4.69, 9.17) is 18.5 Å². The number of aliphatic hydroxyl groups is 1. The highest BCUT2D eigenvalue weighted by molar-refractivity contribution is 7.57. The first-order valence-electron chi connectivity index (χ1n) is 7.09. The smallest absolute Gasteiger partial charge is 0.353 e. The van der Waals surface area contributed by atoms with E-state index in [0.29, 0.717) is 6.61 Å². The molecule has 0 radical (unpaired) electrons. The maximum absolute atomic E-state index is 12.2. The predicted molar refractivity (Wildman–Crippen MR) is 75.5 cm³/mol. The van der Waals surface area contributed by atoms with Crippen molar-refractivity contribution in [2.75, 3.05) is 26.4 Å². The zero-order valence-corrected chi connectivity index (χ0v) is 13.1. The van der Waals surface area contributed by atoms with Gasteiger partial charge in [-0.25, -0.2) is 0 Å². The van der Waals surface area contributed by atoms with Crippen molar-refractivity contribution in [2.45, 2.75) is 45.5 Å². The Labute approximate surface area is 120 Å². The molecule has 7 heteroatoms. The summed E-state index contributed by atoms with van der Waals surface area (Å²) in [6, 6.07) is 0. The maximum atomic E-state index is 12.2. The SMILES string of the molecule is CCOP(=O)(C=C[C@H](CO)O[C@H]1CCCCO1)OCC. The predicted octanol–water partition coefficient (Wildman–Crippen LogP) is 2.67. The fraction of sp³-hybridized carbons (Fsp3) is 0.846. The Kier molecular flexibility index (Phi) is 8.61. The average Bonchev–Trinajstić information content (AvgIpc) is 2.45. The third-order valence-electron chi connectivity index (χ3n) is 2.75. The number of hydrogen-bond acceptors (Lipinski definition) is 6. The first-order chi connectivity index (χ1) is 9.63. The lowest BCUT2D eigenvalue weighted by atomic mass is 10.2. The number of ether oxygens (including phenoxy) is 2. The summed E-state index contributed by atoms with van der Waals surface area (Å²) in [7, 11) is -3.25. The minimum atomic E-state index is -3.25. The molecule has 0 aromatic heterocycles. The zero-order chi connectivity index (χ0) is 14.8. The van der Waals surface area contributed by atoms with Crippen molar-refractivity contribution in [1.82, 2.24) is 0 Å². The monoisotopic (exact) mass is 308 g/mol. The fourth-order valence-electron chi connectivity index (χ4n) is 1.85. The second-order valence-electron chi connectivity index (χ2n) is 4.37. The second kappa shape index (κ2) is 9.66. The molecule has 1 aliphatic rings. The summed E-state index contributed by atoms with van der Waals surface area (Å²) in [6.45, 7) is 4.53. The van der Waals surface area contributed by atoms with Gasteiger partial charge in [-0.15, -0.1) is 0 Å². The average molecular weight is 308 g/mol. The quantitative estimate of drug-likeness (QED) is 0.660. The highest BCUT2D eigenvalue weighted by Gasteiger charge is 2.22. The molecular formula is C13H25O6P. The van der Waals surface area contributed by atoms with E-state index < -0.39 is 13.7 Å². The van der Waals surface area contributed by atoms with E-state index in [1.165, 1.54) is 11.9 Å². The second-order valence-corrected chi connectivity index (χ2v) is 6.26. The van der Waals surface area contributed by atoms with Gasteiger partial charge in [0.1, 0.15) is 6.10 Å². The van der Waals surface area contributed by atoms with Crippen LogP contribution in [0.3, 0.4) is 0 Å². The van der Waals surface area contributed by atoms with Crippen molar-refractivity contribution in [3.05, 3.63) is 11.9 Å². The molecule has 0 aromatic rings. The van der Waals surface area contributed by atoms with Crippen LogP contribution in [0.2, 0.25) is 0 Å². The minimum absolute atomic E-state index is 0.214. The van der Waals surface area contributed by atoms with Crippen LogP contribution in [0.25, 0.3) is 0 Å². The van der Waals surface area contributed by atoms with Gasteiger partial charge in [-0.05, 0) is 39.2 Å². The van der Waals surface area contributed by atoms with Gasteiger partial charge in [0.05, 0.1) is 19.8 Å². The molecule has 1 fully saturated rings. The molecule has 1 N–H and O–H groups in total. The Morgan fingerprint density at radius 1 is 1.35 bits per heavy atom. The van der Waals surface area contributed by atoms with Crippen molar-refractivity contribution < 1.29 is 28.2 Å². The van der Waals surface area contributed by atoms with Crippen LogP contribution in [-0.4, -0.2) is 43.9 Å². The van der Waals surface area contributed by atoms with Gasteiger partial charge in [-0.3, -0.25) is 4.57 Å². The molecule has 118 valence electrons. The van der Waals surface area contributed by atoms with Gasteiger partial charge in [-0.2, -0.15) is 0 Å². The van der Waals surface area contributed by atoms with Crippen LogP contribution in [0.15, 0.2) is 11.9 Å². The standard InChI is InChI=1S/C13H25O6P/c1-3-17-20(15,18-4-2)10-8-12(11-14)19-13-7-5-6-9-16-13/h8,10,12-14H,3-7,9,11H2,1-2H3/t12-,13+/m1/s1. The first-order valence-corrected chi connectivity index (χ1v) is 8.70. The number of rotatable bonds is 9. The van der Waals surface area contributed by atoms with Crippen molar-refractivity contribution >= 4 is 7.60 Å². The lowest BCUT2D eigenvalue weighted by molar-refractivity contribution is -0.184. The maximum Gasteiger partial charge on any atom is 0.353 e. The molecule has 0 aliphatic carbocycles. The molecule has 0 aromatic carbocycles. The van der Waals surface area contributed by atoms with E-state index in [0.717, 1.165) is 19.3 Å². The fourth-order valence-corrected chi connectivity index (χ4v) is 3.22. The molecule has 6 nitrogen and oxygen atoms in total. The Bertz CT molecular complexity index is 317. The number of aliphatic hydroxyl groups excluding tert-OH is 1. The molecule has 0 saturated carbocycles. The van der Waals surface area contributed by atoms with Crippen molar-refractivity contribution in [1.29, 1.82) is 0 Å². The summed E-state index contributed by atoms with van der Waals surface area (Å²) in [6.07, 6.45) is 3.51. The molecule has 1 aliphatic heterocycles. The molecule has 1 saturated heterocycles. The Morgan fingerprint density at radius 2 is 2.05 bits per heavy atom. The van der Waals surface area contributed by atoms with Gasteiger partial charge in [-0.1, -0.05) is 0 Å². The molecule has 2 atom stereocenters. The topological polar surface area (TPSA) is 74.2 Å². The van der Waals surface area contributed by atoms with Crippen molar-refractivity contribution in [3.63, 3.8) is 0 Å². The summed E-state index contributed by atoms with van der Waals surface area (Å²) < 4.78 is 33.5. The molecule has 20 heavy (non-hydrogen) atoms. The Morgan fingerprint density at radius 3 is 2.55 bits per heavy atom. The molecule has 0 spiro atoms. The van der Waals surface area contributed by atoms with Crippen LogP contribution in [-0.2, 0) is 23.1 Å². The van der Waals surface area contributed by atoms with Crippen LogP contribution < -0.4 is 0 Å². The Hall–Kier alpha value is -0.230. The summed E-state index contributed by atoms with van der Waals surface area (Å²) >= 11 is 0. The first kappa shape index (κ1) is 17.8. The summed E-state index contributed by atoms with van der Waals surface area (Å²) in [5, 5.41) is 9.31. The minimum Gasteiger partial charge on any atom is -0.393 e. The molecule has 1 heterocycles. The zero-order valence-electron chi connectivity index (χ0n) is 12.2. The Balaban J connectivity index is 2.55. The van der Waals surface area contributed by atoms with E-state index in [1.807, 2.05) is 0 Å². The highest BCUT2D eigenvalue weighted by atomic mass is 31.2. The molecule has 0 bridgehead atoms. The molecule has 1 rings (SSSR count). The highest BCUT2D eigenvalue weighted by Crippen LogP contribution is 2.49. The third kappa shape index (κ3) is 6.48. The van der Waals surface area contributed by atoms with E-state index in [-0.39, 0.29) is 26.1 Å². The lowest BCUT2D eigenvalue weighted by Crippen LogP contribution is -2.28. The van der Waals surface area contributed by atoms with Crippen LogP contribution in [0.4, 0.5) is 0 Å². The summed E-state index contributed by atoms with van der Waals surface area (Å²) in [5.41, 5.74) is 0. The van der Waals surface area contributed by atoms with Gasteiger partial charge >= 0.3 is 7.60 Å². The van der Waals surface area contributed by atoms with Gasteiger partial charge < -0.3 is 23.6 Å². The van der Waals surface area contributed by atoms with Gasteiger partial charge in [0, 0.05) is 12.4 Å². The summed E-state index contributed by atoms with van der Waals surface area (Å²) in [4.78, 5) is 0. The van der Waals surface area contributed by atoms with Crippen LogP contribution in [0.5, 0.6) is 0 Å². The van der Waals surface area contributed by atoms with E-state index in [9.17, 15) is 9.67 Å². The van der Waals surface area contributed by atoms with E-state index in [2.05, 4.69) is 0 Å². The summed E-state index contributed by atoms with van der Waals surface area (Å²) in [5.74, 6) is 1.35. The van der Waals surface area contributed by atoms with Crippen LogP contribution >= 0.6 is 7.60 Å². The molecule has 0 amide bonds. The third-order valence-corrected chi connectivity index (χ3v) is 4.52. The van der Waals surface area contributed by atoms with Gasteiger partial charge in [0.25, 0.3) is 0 Å². The number of hydrogen-bond donors (Lipinski definition) is 1. The lowest BCUT2D eigenvalue weighted by Gasteiger charge is -2.25. The van der Waals surface area contributed by atoms with Gasteiger partial charge in [0.15, 0.2) is 6.29 Å². The largest absolute Gasteiger partial charge is 0.393 e. The molecule has 0 unspecified atom stereocenters. The molecular weight excluding hydrogens is 283 g/mol. The normalized spacial score (nSPS) is 22.2. The van der Waals surface area contributed by atoms with E-state index in [1.54, 1.807) is 13.8 Å².